The molecule has 1 aliphatic heterocycles. The second kappa shape index (κ2) is 6.20. The smallest absolute Gasteiger partial charge is 0.310 e. The molecule has 5 nitrogen and oxygen atoms in total. The summed E-state index contributed by atoms with van der Waals surface area (Å²) in [4.78, 5) is 26.3. The molecule has 0 radical (unpaired) electrons. The number of hydrogen-bond donors (Lipinski definition) is 1. The van der Waals surface area contributed by atoms with Crippen LogP contribution in [0.15, 0.2) is 30.3 Å². The number of aliphatic carboxylic acids is 1. The molecule has 3 rings (SSSR count). The quantitative estimate of drug-likeness (QED) is 0.921. The molecular formula is C19H25NO4. The van der Waals surface area contributed by atoms with Gasteiger partial charge in [-0.05, 0) is 32.3 Å². The van der Waals surface area contributed by atoms with Gasteiger partial charge >= 0.3 is 5.97 Å². The van der Waals surface area contributed by atoms with Crippen LogP contribution >= 0.6 is 0 Å². The third-order valence-corrected chi connectivity index (χ3v) is 5.44. The van der Waals surface area contributed by atoms with Gasteiger partial charge in [-0.3, -0.25) is 9.59 Å². The lowest BCUT2D eigenvalue weighted by molar-refractivity contribution is -0.167. The van der Waals surface area contributed by atoms with Crippen LogP contribution in [0.5, 0.6) is 0 Å². The Bertz CT molecular complexity index is 622. The molecule has 2 fully saturated rings. The molecule has 1 N–H and O–H groups in total. The minimum absolute atomic E-state index is 0.0775. The predicted molar refractivity (Wildman–Crippen MR) is 89.5 cm³/mol. The maximum atomic E-state index is 12.9. The van der Waals surface area contributed by atoms with E-state index in [1.165, 1.54) is 0 Å². The zero-order chi connectivity index (χ0) is 17.4. The molecule has 0 bridgehead atoms. The van der Waals surface area contributed by atoms with E-state index in [2.05, 4.69) is 0 Å². The van der Waals surface area contributed by atoms with Gasteiger partial charge in [-0.2, -0.15) is 0 Å². The Morgan fingerprint density at radius 3 is 2.46 bits per heavy atom. The highest BCUT2D eigenvalue weighted by Crippen LogP contribution is 2.45. The Kier molecular flexibility index (Phi) is 4.38. The fourth-order valence-corrected chi connectivity index (χ4v) is 3.61. The number of amides is 1. The van der Waals surface area contributed by atoms with Crippen LogP contribution in [0.25, 0.3) is 0 Å². The first kappa shape index (κ1) is 17.0. The van der Waals surface area contributed by atoms with Crippen molar-refractivity contribution < 1.29 is 19.4 Å². The van der Waals surface area contributed by atoms with E-state index in [4.69, 9.17) is 4.74 Å². The first-order valence-corrected chi connectivity index (χ1v) is 8.55. The lowest BCUT2D eigenvalue weighted by Crippen LogP contribution is -2.57. The largest absolute Gasteiger partial charge is 0.481 e. The van der Waals surface area contributed by atoms with Crippen LogP contribution in [0.2, 0.25) is 0 Å². The molecule has 5 heteroatoms. The molecule has 1 unspecified atom stereocenters. The lowest BCUT2D eigenvalue weighted by atomic mass is 9.66. The van der Waals surface area contributed by atoms with Crippen molar-refractivity contribution in [3.05, 3.63) is 35.9 Å². The minimum Gasteiger partial charge on any atom is -0.481 e. The molecule has 0 aromatic heterocycles. The number of rotatable bonds is 4. The zero-order valence-corrected chi connectivity index (χ0v) is 14.3. The van der Waals surface area contributed by atoms with Crippen molar-refractivity contribution in [1.29, 1.82) is 0 Å². The Morgan fingerprint density at radius 2 is 1.92 bits per heavy atom. The van der Waals surface area contributed by atoms with Crippen molar-refractivity contribution in [1.82, 2.24) is 4.90 Å². The van der Waals surface area contributed by atoms with Gasteiger partial charge in [-0.15, -0.1) is 0 Å². The molecule has 2 aliphatic rings. The second-order valence-electron chi connectivity index (χ2n) is 7.64. The number of carboxylic acid groups (broad SMARTS) is 1. The van der Waals surface area contributed by atoms with Gasteiger partial charge in [0, 0.05) is 6.42 Å². The van der Waals surface area contributed by atoms with Crippen molar-refractivity contribution >= 4 is 11.9 Å². The van der Waals surface area contributed by atoms with Crippen molar-refractivity contribution in [3.8, 4) is 0 Å². The number of benzene rings is 1. The van der Waals surface area contributed by atoms with Gasteiger partial charge in [0.15, 0.2) is 0 Å². The van der Waals surface area contributed by atoms with E-state index >= 15 is 0 Å². The number of carboxylic acids is 1. The van der Waals surface area contributed by atoms with Gasteiger partial charge < -0.3 is 14.7 Å². The summed E-state index contributed by atoms with van der Waals surface area (Å²) < 4.78 is 5.97. The summed E-state index contributed by atoms with van der Waals surface area (Å²) in [7, 11) is 0. The van der Waals surface area contributed by atoms with Crippen LogP contribution in [-0.2, 0) is 14.3 Å². The van der Waals surface area contributed by atoms with E-state index in [0.717, 1.165) is 12.0 Å². The standard InChI is InChI=1S/C19H25NO4/c1-18(2)13-24-15(14-7-4-3-5-8-14)12-20(18)16(21)11-19(17(22)23)9-6-10-19/h3-5,7-8,15H,6,9-13H2,1-2H3,(H,22,23). The van der Waals surface area contributed by atoms with Gasteiger partial charge in [0.05, 0.1) is 24.1 Å². The van der Waals surface area contributed by atoms with Crippen LogP contribution in [-0.4, -0.2) is 40.6 Å². The van der Waals surface area contributed by atoms with E-state index in [0.29, 0.717) is 26.0 Å². The number of morpholine rings is 1. The molecule has 130 valence electrons. The van der Waals surface area contributed by atoms with E-state index in [1.54, 1.807) is 0 Å². The van der Waals surface area contributed by atoms with E-state index in [-0.39, 0.29) is 18.4 Å². The van der Waals surface area contributed by atoms with Gasteiger partial charge in [0.25, 0.3) is 0 Å². The van der Waals surface area contributed by atoms with Crippen LogP contribution in [0.4, 0.5) is 0 Å². The number of nitrogens with zero attached hydrogens (tertiary/aromatic N) is 1. The normalized spacial score (nSPS) is 24.9. The highest BCUT2D eigenvalue weighted by Gasteiger charge is 2.48. The Morgan fingerprint density at radius 1 is 1.25 bits per heavy atom. The fraction of sp³-hybridized carbons (Fsp3) is 0.579. The third-order valence-electron chi connectivity index (χ3n) is 5.44. The van der Waals surface area contributed by atoms with Gasteiger partial charge in [0.2, 0.25) is 5.91 Å². The Labute approximate surface area is 142 Å². The number of carbonyl (C=O) groups excluding carboxylic acids is 1. The zero-order valence-electron chi connectivity index (χ0n) is 14.3. The molecule has 1 saturated carbocycles. The summed E-state index contributed by atoms with van der Waals surface area (Å²) in [5.41, 5.74) is -0.234. The van der Waals surface area contributed by atoms with Crippen LogP contribution in [0.1, 0.15) is 51.2 Å². The van der Waals surface area contributed by atoms with Gasteiger partial charge in [-0.1, -0.05) is 36.8 Å². The summed E-state index contributed by atoms with van der Waals surface area (Å²) in [6, 6.07) is 9.86. The third kappa shape index (κ3) is 3.05. The summed E-state index contributed by atoms with van der Waals surface area (Å²) in [5.74, 6) is -0.917. The number of hydrogen-bond acceptors (Lipinski definition) is 3. The minimum atomic E-state index is -0.853. The predicted octanol–water partition coefficient (Wildman–Crippen LogP) is 3.01. The van der Waals surface area contributed by atoms with Crippen molar-refractivity contribution in [3.63, 3.8) is 0 Å². The van der Waals surface area contributed by atoms with E-state index in [1.807, 2.05) is 49.1 Å². The molecule has 1 saturated heterocycles. The lowest BCUT2D eigenvalue weighted by Gasteiger charge is -2.47. The van der Waals surface area contributed by atoms with Gasteiger partial charge in [-0.25, -0.2) is 0 Å². The molecule has 1 aromatic rings. The maximum Gasteiger partial charge on any atom is 0.310 e. The van der Waals surface area contributed by atoms with Crippen LogP contribution < -0.4 is 0 Å². The molecular weight excluding hydrogens is 306 g/mol. The molecule has 1 aliphatic carbocycles. The summed E-state index contributed by atoms with van der Waals surface area (Å²) in [6.45, 7) is 4.85. The second-order valence-corrected chi connectivity index (χ2v) is 7.64. The molecule has 24 heavy (non-hydrogen) atoms. The average molecular weight is 331 g/mol. The molecule has 0 spiro atoms. The highest BCUT2D eigenvalue weighted by molar-refractivity contribution is 5.86. The highest BCUT2D eigenvalue weighted by atomic mass is 16.5. The average Bonchev–Trinajstić information content (AvgIpc) is 2.51. The van der Waals surface area contributed by atoms with Crippen molar-refractivity contribution in [2.75, 3.05) is 13.2 Å². The first-order valence-electron chi connectivity index (χ1n) is 8.55. The van der Waals surface area contributed by atoms with Crippen molar-refractivity contribution in [2.24, 2.45) is 5.41 Å². The summed E-state index contributed by atoms with van der Waals surface area (Å²) in [5, 5.41) is 9.50. The molecule has 1 heterocycles. The summed E-state index contributed by atoms with van der Waals surface area (Å²) >= 11 is 0. The first-order chi connectivity index (χ1) is 11.3. The Hall–Kier alpha value is -1.88. The SMILES string of the molecule is CC1(C)COC(c2ccccc2)CN1C(=O)CC1(C(=O)O)CCC1. The molecule has 1 atom stereocenters. The molecule has 1 aromatic carbocycles. The van der Waals surface area contributed by atoms with Crippen molar-refractivity contribution in [2.45, 2.75) is 51.2 Å². The van der Waals surface area contributed by atoms with Gasteiger partial charge in [0.1, 0.15) is 6.10 Å². The van der Waals surface area contributed by atoms with E-state index in [9.17, 15) is 14.7 Å². The monoisotopic (exact) mass is 331 g/mol. The van der Waals surface area contributed by atoms with Crippen LogP contribution in [0, 0.1) is 5.41 Å². The molecule has 1 amide bonds. The number of carbonyl (C=O) groups is 2. The van der Waals surface area contributed by atoms with E-state index < -0.39 is 16.9 Å². The maximum absolute atomic E-state index is 12.9. The number of ether oxygens (including phenoxy) is 1. The van der Waals surface area contributed by atoms with Crippen LogP contribution in [0.3, 0.4) is 0 Å². The summed E-state index contributed by atoms with van der Waals surface area (Å²) in [6.07, 6.45) is 2.01. The fourth-order valence-electron chi connectivity index (χ4n) is 3.61. The topological polar surface area (TPSA) is 66.8 Å². The Balaban J connectivity index is 1.76.